The number of aliphatic imine (C=N–C) groups is 1. The third-order valence-corrected chi connectivity index (χ3v) is 8.09. The van der Waals surface area contributed by atoms with Crippen molar-refractivity contribution < 1.29 is 38.7 Å². The molecular formula is C33H62N10O8. The van der Waals surface area contributed by atoms with Gasteiger partial charge in [-0.3, -0.25) is 33.8 Å². The summed E-state index contributed by atoms with van der Waals surface area (Å²) in [6.07, 6.45) is 0.357. The van der Waals surface area contributed by atoms with Crippen LogP contribution in [0, 0.1) is 23.7 Å². The lowest BCUT2D eigenvalue weighted by Crippen LogP contribution is -2.61. The highest BCUT2D eigenvalue weighted by Gasteiger charge is 2.35. The van der Waals surface area contributed by atoms with Crippen LogP contribution in [0.4, 0.5) is 0 Å². The van der Waals surface area contributed by atoms with E-state index in [1.165, 1.54) is 0 Å². The molecule has 0 fully saturated rings. The highest BCUT2D eigenvalue weighted by Crippen LogP contribution is 2.13. The molecule has 0 aromatic carbocycles. The van der Waals surface area contributed by atoms with Crippen molar-refractivity contribution in [1.82, 2.24) is 26.6 Å². The van der Waals surface area contributed by atoms with E-state index in [1.54, 1.807) is 41.5 Å². The molecule has 0 spiro atoms. The van der Waals surface area contributed by atoms with E-state index in [1.807, 2.05) is 13.8 Å². The van der Waals surface area contributed by atoms with Gasteiger partial charge in [-0.15, -0.1) is 0 Å². The summed E-state index contributed by atoms with van der Waals surface area (Å²) in [5.41, 5.74) is 22.2. The molecule has 0 aliphatic carbocycles. The lowest BCUT2D eigenvalue weighted by molar-refractivity contribution is -0.143. The molecule has 0 rings (SSSR count). The van der Waals surface area contributed by atoms with Gasteiger partial charge in [0.1, 0.15) is 30.2 Å². The number of nitrogens with one attached hydrogen (secondary N) is 5. The van der Waals surface area contributed by atoms with E-state index in [2.05, 4.69) is 31.6 Å². The number of amides is 6. The molecule has 0 aliphatic heterocycles. The predicted octanol–water partition coefficient (Wildman–Crippen LogP) is -1.45. The van der Waals surface area contributed by atoms with Crippen molar-refractivity contribution in [3.8, 4) is 0 Å². The van der Waals surface area contributed by atoms with Crippen molar-refractivity contribution in [2.45, 2.75) is 130 Å². The Balaban J connectivity index is 6.30. The first-order valence-electron chi connectivity index (χ1n) is 17.4. The van der Waals surface area contributed by atoms with Gasteiger partial charge in [-0.25, -0.2) is 4.79 Å². The molecule has 7 atom stereocenters. The number of nitrogens with zero attached hydrogens (tertiary/aromatic N) is 1. The Bertz CT molecular complexity index is 1220. The van der Waals surface area contributed by atoms with E-state index in [9.17, 15) is 38.7 Å². The van der Waals surface area contributed by atoms with Crippen molar-refractivity contribution in [3.05, 3.63) is 0 Å². The smallest absolute Gasteiger partial charge is 0.326 e. The highest BCUT2D eigenvalue weighted by molar-refractivity contribution is 5.98. The maximum atomic E-state index is 13.7. The zero-order valence-corrected chi connectivity index (χ0v) is 31.3. The van der Waals surface area contributed by atoms with Gasteiger partial charge < -0.3 is 54.6 Å². The lowest BCUT2D eigenvalue weighted by Gasteiger charge is -2.29. The molecule has 0 bridgehead atoms. The molecule has 0 aromatic rings. The summed E-state index contributed by atoms with van der Waals surface area (Å²) in [4.78, 5) is 94.5. The third kappa shape index (κ3) is 18.4. The maximum Gasteiger partial charge on any atom is 0.326 e. The first-order chi connectivity index (χ1) is 23.6. The lowest BCUT2D eigenvalue weighted by atomic mass is 9.96. The second-order valence-corrected chi connectivity index (χ2v) is 14.1. The largest absolute Gasteiger partial charge is 0.480 e. The number of carbonyl (C=O) groups is 7. The van der Waals surface area contributed by atoms with Gasteiger partial charge in [-0.2, -0.15) is 0 Å². The zero-order chi connectivity index (χ0) is 39.6. The van der Waals surface area contributed by atoms with Crippen LogP contribution in [0.1, 0.15) is 93.9 Å². The van der Waals surface area contributed by atoms with Gasteiger partial charge in [0.15, 0.2) is 5.96 Å². The maximum absolute atomic E-state index is 13.7. The van der Waals surface area contributed by atoms with E-state index in [0.29, 0.717) is 6.42 Å². The molecule has 0 saturated carbocycles. The van der Waals surface area contributed by atoms with Crippen molar-refractivity contribution in [2.24, 2.45) is 51.6 Å². The van der Waals surface area contributed by atoms with E-state index >= 15 is 0 Å². The van der Waals surface area contributed by atoms with E-state index in [-0.39, 0.29) is 55.9 Å². The summed E-state index contributed by atoms with van der Waals surface area (Å²) >= 11 is 0. The fourth-order valence-electron chi connectivity index (χ4n) is 4.91. The first kappa shape index (κ1) is 46.5. The molecule has 51 heavy (non-hydrogen) atoms. The Hall–Kier alpha value is -4.48. The first-order valence-corrected chi connectivity index (χ1v) is 17.4. The van der Waals surface area contributed by atoms with Gasteiger partial charge in [0, 0.05) is 6.54 Å². The van der Waals surface area contributed by atoms with Gasteiger partial charge in [-0.05, 0) is 49.4 Å². The summed E-state index contributed by atoms with van der Waals surface area (Å²) in [6.45, 7) is 14.3. The minimum atomic E-state index is -1.52. The summed E-state index contributed by atoms with van der Waals surface area (Å²) in [5.74, 6) is -6.94. The monoisotopic (exact) mass is 726 g/mol. The zero-order valence-electron chi connectivity index (χ0n) is 31.3. The number of aliphatic carboxylic acids is 1. The van der Waals surface area contributed by atoms with Crippen molar-refractivity contribution in [3.63, 3.8) is 0 Å². The normalized spacial score (nSPS) is 15.4. The second-order valence-electron chi connectivity index (χ2n) is 14.1. The molecule has 0 aromatic heterocycles. The number of nitrogens with two attached hydrogens (primary N) is 4. The number of primary amides is 1. The van der Waals surface area contributed by atoms with Crippen LogP contribution in [0.15, 0.2) is 4.99 Å². The Kier molecular flexibility index (Phi) is 21.1. The number of guanidine groups is 1. The molecule has 14 N–H and O–H groups in total. The average Bonchev–Trinajstić information content (AvgIpc) is 3.01. The van der Waals surface area contributed by atoms with Crippen LogP contribution < -0.4 is 49.5 Å². The minimum absolute atomic E-state index is 0.0212. The van der Waals surface area contributed by atoms with Crippen molar-refractivity contribution >= 4 is 47.4 Å². The molecule has 0 aliphatic rings. The van der Waals surface area contributed by atoms with E-state index < -0.39 is 90.0 Å². The minimum Gasteiger partial charge on any atom is -0.480 e. The van der Waals surface area contributed by atoms with Crippen molar-refractivity contribution in [1.29, 1.82) is 0 Å². The highest BCUT2D eigenvalue weighted by atomic mass is 16.4. The number of hydrogen-bond donors (Lipinski definition) is 10. The molecule has 6 amide bonds. The van der Waals surface area contributed by atoms with Crippen LogP contribution in [-0.4, -0.2) is 95.3 Å². The molecule has 0 heterocycles. The molecular weight excluding hydrogens is 664 g/mol. The summed E-state index contributed by atoms with van der Waals surface area (Å²) in [5, 5.41) is 22.4. The second kappa shape index (κ2) is 23.1. The number of rotatable bonds is 24. The SMILES string of the molecule is CC[C@H](C)[C@H](NC(=O)[C@H](CC(N)=O)NC(=O)[C@H](CC(C)C)NC(=O)[C@@H](N)C(C)C)C(=O)N[C@@H](CCCN=C(N)N)C(=O)N[C@@H](CC(C)C)C(=O)O. The Morgan fingerprint density at radius 1 is 0.647 bits per heavy atom. The third-order valence-electron chi connectivity index (χ3n) is 8.09. The topological polar surface area (TPSA) is 316 Å². The Morgan fingerprint density at radius 3 is 1.59 bits per heavy atom. The summed E-state index contributed by atoms with van der Waals surface area (Å²) in [7, 11) is 0. The van der Waals surface area contributed by atoms with Crippen molar-refractivity contribution in [2.75, 3.05) is 6.54 Å². The fraction of sp³-hybridized carbons (Fsp3) is 0.758. The molecule has 18 heteroatoms. The number of carboxylic acid groups (broad SMARTS) is 1. The molecule has 0 radical (unpaired) electrons. The van der Waals surface area contributed by atoms with Gasteiger partial charge in [0.05, 0.1) is 12.5 Å². The Labute approximate surface area is 300 Å². The van der Waals surface area contributed by atoms with Gasteiger partial charge in [-0.1, -0.05) is 61.8 Å². The van der Waals surface area contributed by atoms with E-state index in [4.69, 9.17) is 22.9 Å². The van der Waals surface area contributed by atoms with Crippen LogP contribution in [-0.2, 0) is 33.6 Å². The average molecular weight is 727 g/mol. The van der Waals surface area contributed by atoms with Gasteiger partial charge in [0.25, 0.3) is 0 Å². The van der Waals surface area contributed by atoms with Gasteiger partial charge >= 0.3 is 5.97 Å². The van der Waals surface area contributed by atoms with Crippen LogP contribution in [0.5, 0.6) is 0 Å². The number of hydrogen-bond acceptors (Lipinski definition) is 9. The van der Waals surface area contributed by atoms with Crippen LogP contribution in [0.2, 0.25) is 0 Å². The molecule has 0 saturated heterocycles. The summed E-state index contributed by atoms with van der Waals surface area (Å²) in [6, 6.07) is -7.22. The van der Waals surface area contributed by atoms with Crippen LogP contribution in [0.25, 0.3) is 0 Å². The number of carboxylic acids is 1. The number of carbonyl (C=O) groups excluding carboxylic acids is 6. The standard InChI is InChI=1S/C33H62N10O8/c1-9-19(8)26(31(49)39-20(11-10-12-38-33(36)37)27(45)42-23(32(50)51)14-17(4)5)43-29(47)22(15-24(34)44)40-28(46)21(13-16(2)3)41-30(48)25(35)18(6)7/h16-23,25-26H,9-15,35H2,1-8H3,(H2,34,44)(H,39,49)(H,40,46)(H,41,48)(H,42,45)(H,43,47)(H,50,51)(H4,36,37,38)/t19-,20-,21-,22-,23-,25-,26-/m0/s1. The van der Waals surface area contributed by atoms with E-state index in [0.717, 1.165) is 0 Å². The summed E-state index contributed by atoms with van der Waals surface area (Å²) < 4.78 is 0. The predicted molar refractivity (Wildman–Crippen MR) is 192 cm³/mol. The molecule has 0 unspecified atom stereocenters. The van der Waals surface area contributed by atoms with Crippen LogP contribution >= 0.6 is 0 Å². The Morgan fingerprint density at radius 2 is 1.12 bits per heavy atom. The van der Waals surface area contributed by atoms with Crippen LogP contribution in [0.3, 0.4) is 0 Å². The molecule has 18 nitrogen and oxygen atoms in total. The van der Waals surface area contributed by atoms with Gasteiger partial charge in [0.2, 0.25) is 35.4 Å². The quantitative estimate of drug-likeness (QED) is 0.0311. The fourth-order valence-corrected chi connectivity index (χ4v) is 4.91. The molecule has 292 valence electrons.